The molecule has 0 saturated carbocycles. The van der Waals surface area contributed by atoms with Gasteiger partial charge in [-0.2, -0.15) is 0 Å². The molecule has 0 saturated heterocycles. The molecule has 0 aliphatic rings. The molecule has 0 atom stereocenters. The number of para-hydroxylation sites is 1. The summed E-state index contributed by atoms with van der Waals surface area (Å²) in [6.07, 6.45) is 0. The first-order valence-electron chi connectivity index (χ1n) is 8.05. The van der Waals surface area contributed by atoms with Crippen LogP contribution in [0.5, 0.6) is 5.75 Å². The molecule has 3 aromatic rings. The Morgan fingerprint density at radius 1 is 0.583 bits per heavy atom. The lowest BCUT2D eigenvalue weighted by Gasteiger charge is -2.20. The molecule has 3 rings (SSSR count). The highest BCUT2D eigenvalue weighted by molar-refractivity contribution is 7.99. The Labute approximate surface area is 149 Å². The normalized spacial score (nSPS) is 10.5. The molecule has 0 aliphatic carbocycles. The molecular formula is C22H24OS. The van der Waals surface area contributed by atoms with Crippen LogP contribution in [0.1, 0.15) is 20.8 Å². The van der Waals surface area contributed by atoms with Crippen LogP contribution in [0.3, 0.4) is 0 Å². The first-order chi connectivity index (χ1) is 11.5. The van der Waals surface area contributed by atoms with Gasteiger partial charge < -0.3 is 4.74 Å². The van der Waals surface area contributed by atoms with E-state index < -0.39 is 0 Å². The van der Waals surface area contributed by atoms with Gasteiger partial charge in [-0.25, -0.2) is 0 Å². The van der Waals surface area contributed by atoms with Crippen molar-refractivity contribution in [3.63, 3.8) is 0 Å². The van der Waals surface area contributed by atoms with Crippen LogP contribution in [0.4, 0.5) is 0 Å². The molecule has 1 nitrogen and oxygen atoms in total. The van der Waals surface area contributed by atoms with Crippen LogP contribution in [0.2, 0.25) is 0 Å². The fraction of sp³-hybridized carbons (Fsp3) is 0.182. The minimum absolute atomic E-state index is 0.0959. The van der Waals surface area contributed by atoms with E-state index in [1.165, 1.54) is 9.79 Å². The van der Waals surface area contributed by atoms with Gasteiger partial charge in [0.1, 0.15) is 11.4 Å². The molecule has 124 valence electrons. The van der Waals surface area contributed by atoms with E-state index in [1.54, 1.807) is 11.8 Å². The van der Waals surface area contributed by atoms with E-state index in [1.807, 2.05) is 63.2 Å². The second-order valence-corrected chi connectivity index (χ2v) is 7.40. The molecule has 0 amide bonds. The van der Waals surface area contributed by atoms with Crippen LogP contribution in [0.25, 0.3) is 0 Å². The SMILES string of the molecule is CC(C)(C)Oc1ccccc1.c1ccc(Sc2ccccc2)cc1. The van der Waals surface area contributed by atoms with Crippen LogP contribution >= 0.6 is 11.8 Å². The molecular weight excluding hydrogens is 312 g/mol. The lowest BCUT2D eigenvalue weighted by atomic mass is 10.2. The van der Waals surface area contributed by atoms with Gasteiger partial charge in [-0.3, -0.25) is 0 Å². The third-order valence-electron chi connectivity index (χ3n) is 2.89. The Kier molecular flexibility index (Phi) is 6.95. The summed E-state index contributed by atoms with van der Waals surface area (Å²) < 4.78 is 5.60. The van der Waals surface area contributed by atoms with Crippen molar-refractivity contribution in [3.8, 4) is 5.75 Å². The van der Waals surface area contributed by atoms with Crippen molar-refractivity contribution < 1.29 is 4.74 Å². The van der Waals surface area contributed by atoms with Crippen molar-refractivity contribution in [3.05, 3.63) is 91.0 Å². The maximum atomic E-state index is 5.60. The summed E-state index contributed by atoms with van der Waals surface area (Å²) in [6.45, 7) is 6.12. The molecule has 0 aliphatic heterocycles. The summed E-state index contributed by atoms with van der Waals surface area (Å²) in [5, 5.41) is 0. The highest BCUT2D eigenvalue weighted by Crippen LogP contribution is 2.26. The first kappa shape index (κ1) is 18.2. The van der Waals surface area contributed by atoms with Crippen LogP contribution in [-0.4, -0.2) is 5.60 Å². The quantitative estimate of drug-likeness (QED) is 0.526. The van der Waals surface area contributed by atoms with Gasteiger partial charge in [0.05, 0.1) is 0 Å². The van der Waals surface area contributed by atoms with Crippen molar-refractivity contribution in [2.75, 3.05) is 0 Å². The largest absolute Gasteiger partial charge is 0.488 e. The van der Waals surface area contributed by atoms with E-state index in [0.29, 0.717) is 0 Å². The molecule has 0 heterocycles. The van der Waals surface area contributed by atoms with E-state index in [9.17, 15) is 0 Å². The Balaban J connectivity index is 0.000000177. The zero-order chi connectivity index (χ0) is 17.3. The molecule has 2 heteroatoms. The average Bonchev–Trinajstić information content (AvgIpc) is 2.57. The fourth-order valence-corrected chi connectivity index (χ4v) is 2.81. The number of hydrogen-bond donors (Lipinski definition) is 0. The highest BCUT2D eigenvalue weighted by Gasteiger charge is 2.10. The third-order valence-corrected chi connectivity index (χ3v) is 3.91. The van der Waals surface area contributed by atoms with Crippen LogP contribution in [-0.2, 0) is 0 Å². The molecule has 3 aromatic carbocycles. The Morgan fingerprint density at radius 3 is 1.33 bits per heavy atom. The second kappa shape index (κ2) is 9.19. The maximum absolute atomic E-state index is 5.60. The van der Waals surface area contributed by atoms with Gasteiger partial charge in [-0.1, -0.05) is 66.4 Å². The van der Waals surface area contributed by atoms with E-state index in [2.05, 4.69) is 48.5 Å². The molecule has 0 fully saturated rings. The predicted octanol–water partition coefficient (Wildman–Crippen LogP) is 6.70. The monoisotopic (exact) mass is 336 g/mol. The molecule has 0 spiro atoms. The number of rotatable bonds is 3. The number of benzene rings is 3. The fourth-order valence-electron chi connectivity index (χ4n) is 1.96. The van der Waals surface area contributed by atoms with E-state index in [4.69, 9.17) is 4.74 Å². The zero-order valence-electron chi connectivity index (χ0n) is 14.5. The van der Waals surface area contributed by atoms with Crippen molar-refractivity contribution in [2.24, 2.45) is 0 Å². The van der Waals surface area contributed by atoms with Gasteiger partial charge in [-0.15, -0.1) is 0 Å². The van der Waals surface area contributed by atoms with Gasteiger partial charge >= 0.3 is 0 Å². The Bertz CT molecular complexity index is 651. The molecule has 0 radical (unpaired) electrons. The summed E-state index contributed by atoms with van der Waals surface area (Å²) in [6, 6.07) is 30.7. The predicted molar refractivity (Wildman–Crippen MR) is 104 cm³/mol. The summed E-state index contributed by atoms with van der Waals surface area (Å²) in [4.78, 5) is 2.57. The van der Waals surface area contributed by atoms with Gasteiger partial charge in [0.25, 0.3) is 0 Å². The minimum atomic E-state index is -0.0959. The van der Waals surface area contributed by atoms with E-state index in [0.717, 1.165) is 5.75 Å². The molecule has 0 N–H and O–H groups in total. The van der Waals surface area contributed by atoms with Gasteiger partial charge in [0, 0.05) is 9.79 Å². The number of hydrogen-bond acceptors (Lipinski definition) is 2. The van der Waals surface area contributed by atoms with Gasteiger partial charge in [-0.05, 0) is 57.2 Å². The summed E-state index contributed by atoms with van der Waals surface area (Å²) in [7, 11) is 0. The topological polar surface area (TPSA) is 9.23 Å². The van der Waals surface area contributed by atoms with E-state index in [-0.39, 0.29) is 5.60 Å². The van der Waals surface area contributed by atoms with Crippen LogP contribution in [0.15, 0.2) is 101 Å². The standard InChI is InChI=1S/C12H10S.C10H14O/c1-3-7-11(8-4-1)13-12-9-5-2-6-10-12;1-10(2,3)11-9-7-5-4-6-8-9/h1-10H;4-8H,1-3H3. The smallest absolute Gasteiger partial charge is 0.120 e. The first-order valence-corrected chi connectivity index (χ1v) is 8.87. The number of ether oxygens (including phenoxy) is 1. The van der Waals surface area contributed by atoms with Crippen molar-refractivity contribution >= 4 is 11.8 Å². The average molecular weight is 336 g/mol. The van der Waals surface area contributed by atoms with E-state index >= 15 is 0 Å². The van der Waals surface area contributed by atoms with Crippen molar-refractivity contribution in [2.45, 2.75) is 36.2 Å². The summed E-state index contributed by atoms with van der Waals surface area (Å²) >= 11 is 1.79. The van der Waals surface area contributed by atoms with Crippen LogP contribution in [0, 0.1) is 0 Å². The Morgan fingerprint density at radius 2 is 0.958 bits per heavy atom. The summed E-state index contributed by atoms with van der Waals surface area (Å²) in [5.41, 5.74) is -0.0959. The molecule has 24 heavy (non-hydrogen) atoms. The van der Waals surface area contributed by atoms with Gasteiger partial charge in [0.2, 0.25) is 0 Å². The summed E-state index contributed by atoms with van der Waals surface area (Å²) in [5.74, 6) is 0.931. The maximum Gasteiger partial charge on any atom is 0.120 e. The molecule has 0 unspecified atom stereocenters. The molecule has 0 aromatic heterocycles. The lowest BCUT2D eigenvalue weighted by molar-refractivity contribution is 0.131. The second-order valence-electron chi connectivity index (χ2n) is 6.26. The van der Waals surface area contributed by atoms with Gasteiger partial charge in [0.15, 0.2) is 0 Å². The zero-order valence-corrected chi connectivity index (χ0v) is 15.3. The van der Waals surface area contributed by atoms with Crippen LogP contribution < -0.4 is 4.74 Å². The highest BCUT2D eigenvalue weighted by atomic mass is 32.2. The Hall–Kier alpha value is -2.19. The third kappa shape index (κ3) is 7.38. The van der Waals surface area contributed by atoms with Crippen molar-refractivity contribution in [1.29, 1.82) is 0 Å². The molecule has 0 bridgehead atoms. The minimum Gasteiger partial charge on any atom is -0.488 e. The van der Waals surface area contributed by atoms with Crippen molar-refractivity contribution in [1.82, 2.24) is 0 Å². The lowest BCUT2D eigenvalue weighted by Crippen LogP contribution is -2.22.